The maximum Gasteiger partial charge on any atom is 0.241 e. The summed E-state index contributed by atoms with van der Waals surface area (Å²) in [5, 5.41) is 3.31. The molecule has 106 valence electrons. The second-order valence-corrected chi connectivity index (χ2v) is 7.58. The molecule has 1 aromatic carbocycles. The Hall–Kier alpha value is -0.910. The highest BCUT2D eigenvalue weighted by Crippen LogP contribution is 2.27. The first-order chi connectivity index (χ1) is 8.83. The predicted octanol–water partition coefficient (Wildman–Crippen LogP) is 1.66. The second-order valence-electron chi connectivity index (χ2n) is 5.89. The lowest BCUT2D eigenvalue weighted by Gasteiger charge is -2.39. The number of benzene rings is 1. The summed E-state index contributed by atoms with van der Waals surface area (Å²) in [5.41, 5.74) is 0.704. The molecule has 1 saturated heterocycles. The molecular weight excluding hydrogens is 260 g/mol. The molecule has 5 heteroatoms. The van der Waals surface area contributed by atoms with Crippen molar-refractivity contribution in [1.29, 1.82) is 0 Å². The Labute approximate surface area is 115 Å². The van der Waals surface area contributed by atoms with E-state index in [2.05, 4.69) is 23.9 Å². The van der Waals surface area contributed by atoms with E-state index >= 15 is 0 Å². The van der Waals surface area contributed by atoms with Crippen molar-refractivity contribution in [1.82, 2.24) is 10.0 Å². The Morgan fingerprint density at radius 3 is 2.63 bits per heavy atom. The van der Waals surface area contributed by atoms with Gasteiger partial charge in [-0.05, 0) is 36.9 Å². The SMILES string of the molecule is Cc1ccccc1S(=O)(=O)NC1CCNCC1(C)C. The van der Waals surface area contributed by atoms with Crippen LogP contribution < -0.4 is 10.0 Å². The van der Waals surface area contributed by atoms with Crippen LogP contribution >= 0.6 is 0 Å². The average molecular weight is 282 g/mol. The summed E-state index contributed by atoms with van der Waals surface area (Å²) in [6, 6.07) is 7.06. The second kappa shape index (κ2) is 5.23. The Morgan fingerprint density at radius 1 is 1.32 bits per heavy atom. The maximum absolute atomic E-state index is 12.5. The molecule has 0 bridgehead atoms. The minimum Gasteiger partial charge on any atom is -0.316 e. The van der Waals surface area contributed by atoms with Gasteiger partial charge in [0.15, 0.2) is 0 Å². The van der Waals surface area contributed by atoms with Crippen LogP contribution in [0.2, 0.25) is 0 Å². The normalized spacial score (nSPS) is 23.2. The fourth-order valence-electron chi connectivity index (χ4n) is 2.50. The summed E-state index contributed by atoms with van der Waals surface area (Å²) < 4.78 is 27.8. The topological polar surface area (TPSA) is 58.2 Å². The van der Waals surface area contributed by atoms with Crippen molar-refractivity contribution in [2.75, 3.05) is 13.1 Å². The summed E-state index contributed by atoms with van der Waals surface area (Å²) >= 11 is 0. The number of nitrogens with one attached hydrogen (secondary N) is 2. The molecule has 0 amide bonds. The summed E-state index contributed by atoms with van der Waals surface area (Å²) in [6.07, 6.45) is 0.818. The van der Waals surface area contributed by atoms with Gasteiger partial charge in [0.2, 0.25) is 10.0 Å². The van der Waals surface area contributed by atoms with Crippen molar-refractivity contribution in [3.05, 3.63) is 29.8 Å². The number of piperidine rings is 1. The van der Waals surface area contributed by atoms with E-state index < -0.39 is 10.0 Å². The molecule has 1 aliphatic rings. The Bertz CT molecular complexity index is 552. The number of aryl methyl sites for hydroxylation is 1. The highest BCUT2D eigenvalue weighted by molar-refractivity contribution is 7.89. The van der Waals surface area contributed by atoms with Gasteiger partial charge in [0.1, 0.15) is 0 Å². The van der Waals surface area contributed by atoms with Crippen molar-refractivity contribution in [2.24, 2.45) is 5.41 Å². The third-order valence-electron chi connectivity index (χ3n) is 3.81. The molecule has 0 spiro atoms. The zero-order valence-electron chi connectivity index (χ0n) is 11.7. The van der Waals surface area contributed by atoms with Gasteiger partial charge in [-0.15, -0.1) is 0 Å². The van der Waals surface area contributed by atoms with Gasteiger partial charge in [0.25, 0.3) is 0 Å². The lowest BCUT2D eigenvalue weighted by Crippen LogP contribution is -2.54. The summed E-state index contributed by atoms with van der Waals surface area (Å²) in [6.45, 7) is 7.68. The minimum atomic E-state index is -3.44. The van der Waals surface area contributed by atoms with Gasteiger partial charge in [-0.3, -0.25) is 0 Å². The van der Waals surface area contributed by atoms with Gasteiger partial charge in [-0.2, -0.15) is 0 Å². The van der Waals surface area contributed by atoms with Gasteiger partial charge < -0.3 is 5.32 Å². The fraction of sp³-hybridized carbons (Fsp3) is 0.571. The standard InChI is InChI=1S/C14H22N2O2S/c1-11-6-4-5-7-12(11)19(17,18)16-13-8-9-15-10-14(13,2)3/h4-7,13,15-16H,8-10H2,1-3H3. The predicted molar refractivity (Wildman–Crippen MR) is 76.6 cm³/mol. The van der Waals surface area contributed by atoms with E-state index in [1.165, 1.54) is 0 Å². The van der Waals surface area contributed by atoms with Crippen LogP contribution in [0.1, 0.15) is 25.8 Å². The van der Waals surface area contributed by atoms with Crippen LogP contribution in [0.15, 0.2) is 29.2 Å². The highest BCUT2D eigenvalue weighted by Gasteiger charge is 2.35. The summed E-state index contributed by atoms with van der Waals surface area (Å²) in [5.74, 6) is 0. The molecular formula is C14H22N2O2S. The first kappa shape index (κ1) is 14.5. The van der Waals surface area contributed by atoms with E-state index in [0.29, 0.717) is 4.90 Å². The molecule has 1 aromatic rings. The molecule has 1 heterocycles. The molecule has 2 N–H and O–H groups in total. The van der Waals surface area contributed by atoms with E-state index in [4.69, 9.17) is 0 Å². The largest absolute Gasteiger partial charge is 0.316 e. The van der Waals surface area contributed by atoms with Crippen LogP contribution in [0.25, 0.3) is 0 Å². The lowest BCUT2D eigenvalue weighted by atomic mass is 9.81. The van der Waals surface area contributed by atoms with Gasteiger partial charge in [-0.1, -0.05) is 32.0 Å². The van der Waals surface area contributed by atoms with Crippen LogP contribution in [0.5, 0.6) is 0 Å². The van der Waals surface area contributed by atoms with Gasteiger partial charge in [-0.25, -0.2) is 13.1 Å². The van der Waals surface area contributed by atoms with Crippen LogP contribution in [0.4, 0.5) is 0 Å². The number of hydrogen-bond acceptors (Lipinski definition) is 3. The molecule has 4 nitrogen and oxygen atoms in total. The van der Waals surface area contributed by atoms with Crippen molar-refractivity contribution in [3.63, 3.8) is 0 Å². The van der Waals surface area contributed by atoms with Gasteiger partial charge >= 0.3 is 0 Å². The first-order valence-corrected chi connectivity index (χ1v) is 8.10. The van der Waals surface area contributed by atoms with E-state index in [9.17, 15) is 8.42 Å². The third kappa shape index (κ3) is 3.16. The molecule has 1 atom stereocenters. The number of hydrogen-bond donors (Lipinski definition) is 2. The smallest absolute Gasteiger partial charge is 0.241 e. The first-order valence-electron chi connectivity index (χ1n) is 6.62. The number of sulfonamides is 1. The molecule has 0 saturated carbocycles. The highest BCUT2D eigenvalue weighted by atomic mass is 32.2. The quantitative estimate of drug-likeness (QED) is 0.886. The summed E-state index contributed by atoms with van der Waals surface area (Å²) in [7, 11) is -3.44. The van der Waals surface area contributed by atoms with Crippen molar-refractivity contribution < 1.29 is 8.42 Å². The van der Waals surface area contributed by atoms with Gasteiger partial charge in [0, 0.05) is 12.6 Å². The van der Waals surface area contributed by atoms with Crippen molar-refractivity contribution in [3.8, 4) is 0 Å². The molecule has 1 aliphatic heterocycles. The molecule has 0 radical (unpaired) electrons. The van der Waals surface area contributed by atoms with Crippen molar-refractivity contribution in [2.45, 2.75) is 38.1 Å². The Balaban J connectivity index is 2.25. The zero-order chi connectivity index (χ0) is 14.1. The van der Waals surface area contributed by atoms with Gasteiger partial charge in [0.05, 0.1) is 4.90 Å². The molecule has 19 heavy (non-hydrogen) atoms. The van der Waals surface area contributed by atoms with Crippen LogP contribution in [0.3, 0.4) is 0 Å². The maximum atomic E-state index is 12.5. The average Bonchev–Trinajstić information content (AvgIpc) is 2.32. The lowest BCUT2D eigenvalue weighted by molar-refractivity contribution is 0.206. The zero-order valence-corrected chi connectivity index (χ0v) is 12.5. The fourth-order valence-corrected chi connectivity index (χ4v) is 4.19. The Morgan fingerprint density at radius 2 is 2.00 bits per heavy atom. The minimum absolute atomic E-state index is 0.0293. The van der Waals surface area contributed by atoms with Crippen LogP contribution in [0, 0.1) is 12.3 Å². The van der Waals surface area contributed by atoms with E-state index in [1.807, 2.05) is 19.1 Å². The molecule has 1 fully saturated rings. The van der Waals surface area contributed by atoms with Crippen LogP contribution in [-0.2, 0) is 10.0 Å². The number of rotatable bonds is 3. The molecule has 0 aromatic heterocycles. The summed E-state index contributed by atoms with van der Waals surface area (Å²) in [4.78, 5) is 0.379. The third-order valence-corrected chi connectivity index (χ3v) is 5.45. The molecule has 1 unspecified atom stereocenters. The van der Waals surface area contributed by atoms with E-state index in [-0.39, 0.29) is 11.5 Å². The molecule has 2 rings (SSSR count). The monoisotopic (exact) mass is 282 g/mol. The van der Waals surface area contributed by atoms with Crippen LogP contribution in [-0.4, -0.2) is 27.5 Å². The van der Waals surface area contributed by atoms with Crippen molar-refractivity contribution >= 4 is 10.0 Å². The Kier molecular flexibility index (Phi) is 3.99. The van der Waals surface area contributed by atoms with E-state index in [0.717, 1.165) is 25.1 Å². The molecule has 0 aliphatic carbocycles. The van der Waals surface area contributed by atoms with E-state index in [1.54, 1.807) is 12.1 Å².